The van der Waals surface area contributed by atoms with Gasteiger partial charge in [-0.05, 0) is 62.6 Å². The average molecular weight is 495 g/mol. The van der Waals surface area contributed by atoms with E-state index in [0.717, 1.165) is 28.3 Å². The molecular weight excluding hydrogens is 464 g/mol. The summed E-state index contributed by atoms with van der Waals surface area (Å²) in [6.07, 6.45) is 0. The van der Waals surface area contributed by atoms with Crippen LogP contribution in [0.4, 0.5) is 5.69 Å². The van der Waals surface area contributed by atoms with Gasteiger partial charge < -0.3 is 14.6 Å². The molecule has 0 aliphatic rings. The number of carbonyl (C=O) groups excluding carboxylic acids is 1. The third kappa shape index (κ3) is 4.85. The highest BCUT2D eigenvalue weighted by molar-refractivity contribution is 6.04. The van der Waals surface area contributed by atoms with Gasteiger partial charge in [0.1, 0.15) is 18.1 Å². The Morgan fingerprint density at radius 2 is 1.78 bits per heavy atom. The largest absolute Gasteiger partial charge is 0.488 e. The Balaban J connectivity index is 1.36. The molecule has 2 aromatic heterocycles. The van der Waals surface area contributed by atoms with Gasteiger partial charge in [-0.3, -0.25) is 9.48 Å². The number of nitrogens with zero attached hydrogens (tertiary/aromatic N) is 3. The number of nitrogens with one attached hydrogen (secondary N) is 1. The molecule has 0 atom stereocenters. The summed E-state index contributed by atoms with van der Waals surface area (Å²) in [5.41, 5.74) is 6.47. The monoisotopic (exact) mass is 494 g/mol. The minimum Gasteiger partial charge on any atom is -0.488 e. The lowest BCUT2D eigenvalue weighted by atomic mass is 10.0. The molecule has 1 N–H and O–H groups in total. The zero-order chi connectivity index (χ0) is 26.1. The van der Waals surface area contributed by atoms with Crippen LogP contribution in [0.25, 0.3) is 10.8 Å². The van der Waals surface area contributed by atoms with Gasteiger partial charge in [0, 0.05) is 0 Å². The summed E-state index contributed by atoms with van der Waals surface area (Å²) < 4.78 is 13.3. The number of rotatable bonds is 7. The molecule has 0 bridgehead atoms. The summed E-state index contributed by atoms with van der Waals surface area (Å²) in [5.74, 6) is 0.959. The number of ether oxygens (including phenoxy) is 1. The van der Waals surface area contributed by atoms with Gasteiger partial charge in [-0.2, -0.15) is 5.10 Å². The van der Waals surface area contributed by atoms with Gasteiger partial charge >= 0.3 is 0 Å². The first-order valence-corrected chi connectivity index (χ1v) is 12.3. The highest BCUT2D eigenvalue weighted by atomic mass is 16.5. The Kier molecular flexibility index (Phi) is 6.53. The summed E-state index contributed by atoms with van der Waals surface area (Å²) in [6.45, 7) is 10.4. The van der Waals surface area contributed by atoms with Crippen molar-refractivity contribution in [3.8, 4) is 5.75 Å². The van der Waals surface area contributed by atoms with Crippen LogP contribution in [-0.4, -0.2) is 20.8 Å². The molecular formula is C30H30N4O3. The van der Waals surface area contributed by atoms with Gasteiger partial charge in [0.25, 0.3) is 5.91 Å². The molecule has 5 aromatic rings. The van der Waals surface area contributed by atoms with Crippen molar-refractivity contribution in [1.29, 1.82) is 0 Å². The van der Waals surface area contributed by atoms with E-state index >= 15 is 0 Å². The Labute approximate surface area is 216 Å². The van der Waals surface area contributed by atoms with Crippen molar-refractivity contribution in [3.05, 3.63) is 106 Å². The molecule has 0 aliphatic heterocycles. The number of carbonyl (C=O) groups is 1. The molecule has 7 heteroatoms. The van der Waals surface area contributed by atoms with E-state index in [1.165, 1.54) is 16.3 Å². The van der Waals surface area contributed by atoms with Crippen molar-refractivity contribution >= 4 is 22.4 Å². The van der Waals surface area contributed by atoms with Crippen LogP contribution >= 0.6 is 0 Å². The predicted molar refractivity (Wildman–Crippen MR) is 144 cm³/mol. The molecule has 37 heavy (non-hydrogen) atoms. The molecule has 188 valence electrons. The molecule has 0 saturated heterocycles. The first-order valence-electron chi connectivity index (χ1n) is 12.3. The SMILES string of the molecule is Cc1ccc(OCc2c(C(=O)Nc3c(C)nn(Cc4cccc5ccccc45)c3C)noc2C)c(C)c1. The maximum absolute atomic E-state index is 13.3. The fourth-order valence-electron chi connectivity index (χ4n) is 4.65. The zero-order valence-corrected chi connectivity index (χ0v) is 21.8. The van der Waals surface area contributed by atoms with Crippen LogP contribution in [-0.2, 0) is 13.2 Å². The molecule has 1 amide bonds. The van der Waals surface area contributed by atoms with E-state index in [1.54, 1.807) is 6.92 Å². The summed E-state index contributed by atoms with van der Waals surface area (Å²) in [4.78, 5) is 13.3. The minimum absolute atomic E-state index is 0.181. The first kappa shape index (κ1) is 24.3. The van der Waals surface area contributed by atoms with Crippen LogP contribution in [0.15, 0.2) is 65.2 Å². The zero-order valence-electron chi connectivity index (χ0n) is 21.8. The first-order chi connectivity index (χ1) is 17.8. The van der Waals surface area contributed by atoms with Gasteiger partial charge in [-0.25, -0.2) is 0 Å². The van der Waals surface area contributed by atoms with Crippen LogP contribution < -0.4 is 10.1 Å². The standard InChI is InChI=1S/C30H30N4O3/c1-18-13-14-27(19(2)15-18)36-17-26-22(5)37-33-29(26)30(35)31-28-20(3)32-34(21(28)4)16-24-11-8-10-23-9-6-7-12-25(23)24/h6-15H,16-17H2,1-5H3,(H,31,35). The lowest BCUT2D eigenvalue weighted by Gasteiger charge is -2.11. The third-order valence-electron chi connectivity index (χ3n) is 6.72. The summed E-state index contributed by atoms with van der Waals surface area (Å²) in [6, 6.07) is 20.6. The second-order valence-electron chi connectivity index (χ2n) is 9.42. The maximum atomic E-state index is 13.3. The van der Waals surface area contributed by atoms with Gasteiger partial charge in [-0.1, -0.05) is 65.3 Å². The number of hydrogen-bond acceptors (Lipinski definition) is 5. The fraction of sp³-hybridized carbons (Fsp3) is 0.233. The Hall–Kier alpha value is -4.39. The van der Waals surface area contributed by atoms with E-state index in [0.29, 0.717) is 23.6 Å². The predicted octanol–water partition coefficient (Wildman–Crippen LogP) is 6.45. The number of amides is 1. The summed E-state index contributed by atoms with van der Waals surface area (Å²) in [7, 11) is 0. The molecule has 0 unspecified atom stereocenters. The number of anilines is 1. The number of hydrogen-bond donors (Lipinski definition) is 1. The van der Waals surface area contributed by atoms with Crippen LogP contribution in [0, 0.1) is 34.6 Å². The van der Waals surface area contributed by atoms with E-state index in [4.69, 9.17) is 14.4 Å². The Morgan fingerprint density at radius 3 is 2.59 bits per heavy atom. The van der Waals surface area contributed by atoms with E-state index < -0.39 is 0 Å². The van der Waals surface area contributed by atoms with Crippen LogP contribution in [0.2, 0.25) is 0 Å². The molecule has 7 nitrogen and oxygen atoms in total. The molecule has 2 heterocycles. The van der Waals surface area contributed by atoms with E-state index in [9.17, 15) is 4.79 Å². The van der Waals surface area contributed by atoms with Gasteiger partial charge in [0.2, 0.25) is 0 Å². The van der Waals surface area contributed by atoms with Crippen molar-refractivity contribution in [2.24, 2.45) is 0 Å². The van der Waals surface area contributed by atoms with E-state index in [2.05, 4.69) is 46.9 Å². The van der Waals surface area contributed by atoms with Gasteiger partial charge in [-0.15, -0.1) is 0 Å². The molecule has 0 aliphatic carbocycles. The average Bonchev–Trinajstić information content (AvgIpc) is 3.37. The Morgan fingerprint density at radius 1 is 1.00 bits per heavy atom. The molecule has 0 fully saturated rings. The molecule has 0 spiro atoms. The van der Waals surface area contributed by atoms with Gasteiger partial charge in [0.15, 0.2) is 5.69 Å². The fourth-order valence-corrected chi connectivity index (χ4v) is 4.65. The third-order valence-corrected chi connectivity index (χ3v) is 6.72. The van der Waals surface area contributed by atoms with Gasteiger partial charge in [0.05, 0.1) is 29.2 Å². The van der Waals surface area contributed by atoms with E-state index in [-0.39, 0.29) is 18.2 Å². The quantitative estimate of drug-likeness (QED) is 0.281. The minimum atomic E-state index is -0.355. The molecule has 3 aromatic carbocycles. The highest BCUT2D eigenvalue weighted by Crippen LogP contribution is 2.26. The molecule has 5 rings (SSSR count). The highest BCUT2D eigenvalue weighted by Gasteiger charge is 2.23. The van der Waals surface area contributed by atoms with Crippen LogP contribution in [0.3, 0.4) is 0 Å². The molecule has 0 saturated carbocycles. The maximum Gasteiger partial charge on any atom is 0.278 e. The topological polar surface area (TPSA) is 82.2 Å². The Bertz CT molecular complexity index is 1610. The van der Waals surface area contributed by atoms with E-state index in [1.807, 2.05) is 56.6 Å². The second-order valence-corrected chi connectivity index (χ2v) is 9.42. The van der Waals surface area contributed by atoms with Crippen molar-refractivity contribution in [2.45, 2.75) is 47.8 Å². The summed E-state index contributed by atoms with van der Waals surface area (Å²) >= 11 is 0. The second kappa shape index (κ2) is 9.93. The summed E-state index contributed by atoms with van der Waals surface area (Å²) in [5, 5.41) is 14.1. The van der Waals surface area contributed by atoms with Crippen LogP contribution in [0.1, 0.15) is 49.9 Å². The lowest BCUT2D eigenvalue weighted by Crippen LogP contribution is -2.16. The normalized spacial score (nSPS) is 11.2. The number of benzene rings is 3. The lowest BCUT2D eigenvalue weighted by molar-refractivity contribution is 0.101. The van der Waals surface area contributed by atoms with Crippen molar-refractivity contribution in [1.82, 2.24) is 14.9 Å². The van der Waals surface area contributed by atoms with Crippen molar-refractivity contribution in [3.63, 3.8) is 0 Å². The molecule has 0 radical (unpaired) electrons. The van der Waals surface area contributed by atoms with Crippen LogP contribution in [0.5, 0.6) is 5.75 Å². The van der Waals surface area contributed by atoms with Crippen molar-refractivity contribution < 1.29 is 14.1 Å². The number of aryl methyl sites for hydroxylation is 4. The smallest absolute Gasteiger partial charge is 0.278 e. The number of aromatic nitrogens is 3. The number of fused-ring (bicyclic) bond motifs is 1. The van der Waals surface area contributed by atoms with Crippen molar-refractivity contribution in [2.75, 3.05) is 5.32 Å².